The van der Waals surface area contributed by atoms with Crippen LogP contribution in [-0.4, -0.2) is 30.9 Å². The number of hydrogen-bond donors (Lipinski definition) is 2. The molecule has 0 atom stereocenters. The summed E-state index contributed by atoms with van der Waals surface area (Å²) < 4.78 is 0. The Morgan fingerprint density at radius 1 is 1.60 bits per heavy atom. The molecule has 0 bridgehead atoms. The van der Waals surface area contributed by atoms with Gasteiger partial charge in [0, 0.05) is 25.8 Å². The number of nitrogens with one attached hydrogen (secondary N) is 1. The van der Waals surface area contributed by atoms with Gasteiger partial charge < -0.3 is 16.0 Å². The molecule has 0 aromatic rings. The molecule has 1 heterocycles. The maximum absolute atomic E-state index is 11.6. The Hall–Kier alpha value is -1.45. The van der Waals surface area contributed by atoms with Crippen LogP contribution >= 0.6 is 0 Å². The van der Waals surface area contributed by atoms with Gasteiger partial charge in [-0.15, -0.1) is 0 Å². The third-order valence-corrected chi connectivity index (χ3v) is 2.69. The van der Waals surface area contributed by atoms with E-state index in [0.29, 0.717) is 5.70 Å². The van der Waals surface area contributed by atoms with Gasteiger partial charge in [0.2, 0.25) is 0 Å². The third-order valence-electron chi connectivity index (χ3n) is 2.69. The molecule has 0 aliphatic carbocycles. The number of allylic oxidation sites excluding steroid dienone is 1. The number of hydrogen-bond acceptors (Lipinski definition) is 3. The van der Waals surface area contributed by atoms with Gasteiger partial charge in [-0.1, -0.05) is 6.92 Å². The lowest BCUT2D eigenvalue weighted by atomic mass is 10.0. The minimum absolute atomic E-state index is 0.0741. The van der Waals surface area contributed by atoms with E-state index in [1.54, 1.807) is 13.1 Å². The smallest absolute Gasteiger partial charge is 0.267 e. The first kappa shape index (κ1) is 11.6. The molecule has 0 spiro atoms. The van der Waals surface area contributed by atoms with Crippen LogP contribution in [0.2, 0.25) is 0 Å². The first-order valence-corrected chi connectivity index (χ1v) is 5.30. The maximum atomic E-state index is 11.6. The fourth-order valence-electron chi connectivity index (χ4n) is 1.68. The lowest BCUT2D eigenvalue weighted by Crippen LogP contribution is -2.37. The Balaban J connectivity index is 3.01. The normalized spacial score (nSPS) is 16.5. The lowest BCUT2D eigenvalue weighted by Gasteiger charge is -2.30. The predicted molar refractivity (Wildman–Crippen MR) is 60.9 cm³/mol. The number of nitrogens with zero attached hydrogens (tertiary/aromatic N) is 1. The number of amides is 1. The SMILES string of the molecule is CCC1=C(N)C=C(C(=O)NC)N(CC)C1. The van der Waals surface area contributed by atoms with Crippen LogP contribution < -0.4 is 11.1 Å². The van der Waals surface area contributed by atoms with E-state index in [1.807, 2.05) is 11.8 Å². The fourth-order valence-corrected chi connectivity index (χ4v) is 1.68. The van der Waals surface area contributed by atoms with Crippen LogP contribution in [0.4, 0.5) is 0 Å². The van der Waals surface area contributed by atoms with Crippen molar-refractivity contribution in [2.75, 3.05) is 20.1 Å². The van der Waals surface area contributed by atoms with E-state index < -0.39 is 0 Å². The maximum Gasteiger partial charge on any atom is 0.267 e. The highest BCUT2D eigenvalue weighted by atomic mass is 16.2. The summed E-state index contributed by atoms with van der Waals surface area (Å²) in [4.78, 5) is 13.6. The monoisotopic (exact) mass is 209 g/mol. The topological polar surface area (TPSA) is 58.4 Å². The van der Waals surface area contributed by atoms with Crippen molar-refractivity contribution < 1.29 is 4.79 Å². The Labute approximate surface area is 90.8 Å². The molecule has 15 heavy (non-hydrogen) atoms. The van der Waals surface area contributed by atoms with Crippen LogP contribution in [0, 0.1) is 0 Å². The van der Waals surface area contributed by atoms with E-state index in [9.17, 15) is 4.79 Å². The number of rotatable bonds is 3. The van der Waals surface area contributed by atoms with Crippen molar-refractivity contribution in [3.63, 3.8) is 0 Å². The molecule has 1 aliphatic rings. The minimum atomic E-state index is -0.0741. The van der Waals surface area contributed by atoms with Gasteiger partial charge in [0.05, 0.1) is 0 Å². The largest absolute Gasteiger partial charge is 0.399 e. The van der Waals surface area contributed by atoms with Crippen molar-refractivity contribution in [2.45, 2.75) is 20.3 Å². The van der Waals surface area contributed by atoms with Crippen molar-refractivity contribution in [2.24, 2.45) is 5.73 Å². The molecule has 0 unspecified atom stereocenters. The first-order chi connectivity index (χ1) is 7.13. The molecule has 4 heteroatoms. The van der Waals surface area contributed by atoms with E-state index in [4.69, 9.17) is 5.73 Å². The van der Waals surface area contributed by atoms with E-state index in [1.165, 1.54) is 5.57 Å². The molecular weight excluding hydrogens is 190 g/mol. The molecule has 0 aromatic heterocycles. The van der Waals surface area contributed by atoms with Crippen molar-refractivity contribution >= 4 is 5.91 Å². The average molecular weight is 209 g/mol. The van der Waals surface area contributed by atoms with Crippen LogP contribution in [0.25, 0.3) is 0 Å². The summed E-state index contributed by atoms with van der Waals surface area (Å²) in [5, 5.41) is 2.63. The molecule has 0 aromatic carbocycles. The van der Waals surface area contributed by atoms with Gasteiger partial charge in [-0.25, -0.2) is 0 Å². The molecule has 84 valence electrons. The molecule has 4 nitrogen and oxygen atoms in total. The molecule has 1 aliphatic heterocycles. The average Bonchev–Trinajstić information content (AvgIpc) is 2.27. The molecule has 0 radical (unpaired) electrons. The number of carbonyl (C=O) groups is 1. The quantitative estimate of drug-likeness (QED) is 0.714. The van der Waals surface area contributed by atoms with E-state index in [-0.39, 0.29) is 5.91 Å². The highest BCUT2D eigenvalue weighted by Crippen LogP contribution is 2.19. The summed E-state index contributed by atoms with van der Waals surface area (Å²) in [7, 11) is 1.63. The molecule has 0 fully saturated rings. The Morgan fingerprint density at radius 2 is 2.27 bits per heavy atom. The van der Waals surface area contributed by atoms with Gasteiger partial charge in [-0.05, 0) is 25.0 Å². The zero-order chi connectivity index (χ0) is 11.4. The summed E-state index contributed by atoms with van der Waals surface area (Å²) in [5.41, 5.74) is 8.48. The van der Waals surface area contributed by atoms with Gasteiger partial charge in [-0.3, -0.25) is 4.79 Å². The van der Waals surface area contributed by atoms with E-state index in [0.717, 1.165) is 25.2 Å². The van der Waals surface area contributed by atoms with Gasteiger partial charge in [0.25, 0.3) is 5.91 Å². The summed E-state index contributed by atoms with van der Waals surface area (Å²) >= 11 is 0. The number of nitrogens with two attached hydrogens (primary N) is 1. The first-order valence-electron chi connectivity index (χ1n) is 5.30. The second-order valence-corrected chi connectivity index (χ2v) is 3.54. The predicted octanol–water partition coefficient (Wildman–Crippen LogP) is 0.575. The molecule has 1 amide bonds. The second kappa shape index (κ2) is 4.87. The Morgan fingerprint density at radius 3 is 2.73 bits per heavy atom. The van der Waals surface area contributed by atoms with Crippen molar-refractivity contribution in [3.8, 4) is 0 Å². The van der Waals surface area contributed by atoms with Crippen molar-refractivity contribution in [1.82, 2.24) is 10.2 Å². The second-order valence-electron chi connectivity index (χ2n) is 3.54. The standard InChI is InChI=1S/C11H19N3O/c1-4-8-7-14(5-2)10(6-9(8)12)11(15)13-3/h6H,4-5,7,12H2,1-3H3,(H,13,15). The molecule has 0 saturated heterocycles. The zero-order valence-electron chi connectivity index (χ0n) is 9.63. The summed E-state index contributed by atoms with van der Waals surface area (Å²) in [6.07, 6.45) is 2.70. The highest BCUT2D eigenvalue weighted by Gasteiger charge is 2.21. The zero-order valence-corrected chi connectivity index (χ0v) is 9.63. The van der Waals surface area contributed by atoms with Gasteiger partial charge in [0.1, 0.15) is 5.70 Å². The molecule has 3 N–H and O–H groups in total. The van der Waals surface area contributed by atoms with Gasteiger partial charge >= 0.3 is 0 Å². The van der Waals surface area contributed by atoms with Crippen LogP contribution in [0.1, 0.15) is 20.3 Å². The Kier molecular flexibility index (Phi) is 3.77. The lowest BCUT2D eigenvalue weighted by molar-refractivity contribution is -0.118. The molecule has 0 saturated carbocycles. The Bertz CT molecular complexity index is 318. The van der Waals surface area contributed by atoms with Crippen molar-refractivity contribution in [1.29, 1.82) is 0 Å². The minimum Gasteiger partial charge on any atom is -0.399 e. The van der Waals surface area contributed by atoms with Crippen molar-refractivity contribution in [3.05, 3.63) is 23.0 Å². The molecular formula is C11H19N3O. The fraction of sp³-hybridized carbons (Fsp3) is 0.545. The van der Waals surface area contributed by atoms with Crippen LogP contribution in [0.3, 0.4) is 0 Å². The number of carbonyl (C=O) groups excluding carboxylic acids is 1. The number of likely N-dealkylation sites (N-methyl/N-ethyl adjacent to an activating group) is 2. The molecule has 1 rings (SSSR count). The third kappa shape index (κ3) is 2.32. The van der Waals surface area contributed by atoms with E-state index in [2.05, 4.69) is 12.2 Å². The van der Waals surface area contributed by atoms with Gasteiger partial charge in [0.15, 0.2) is 0 Å². The van der Waals surface area contributed by atoms with Crippen LogP contribution in [0.5, 0.6) is 0 Å². The van der Waals surface area contributed by atoms with Gasteiger partial charge in [-0.2, -0.15) is 0 Å². The van der Waals surface area contributed by atoms with Crippen LogP contribution in [0.15, 0.2) is 23.0 Å². The van der Waals surface area contributed by atoms with E-state index >= 15 is 0 Å². The summed E-state index contributed by atoms with van der Waals surface area (Å²) in [5.74, 6) is -0.0741. The summed E-state index contributed by atoms with van der Waals surface area (Å²) in [6, 6.07) is 0. The van der Waals surface area contributed by atoms with Crippen LogP contribution in [-0.2, 0) is 4.79 Å². The summed E-state index contributed by atoms with van der Waals surface area (Å²) in [6.45, 7) is 5.69. The highest BCUT2D eigenvalue weighted by molar-refractivity contribution is 5.93.